The van der Waals surface area contributed by atoms with Crippen LogP contribution in [0.2, 0.25) is 0 Å². The lowest BCUT2D eigenvalue weighted by Gasteiger charge is -2.12. The van der Waals surface area contributed by atoms with E-state index in [2.05, 4.69) is 21.2 Å². The number of nitrogens with zero attached hydrogens (tertiary/aromatic N) is 1. The van der Waals surface area contributed by atoms with Crippen molar-refractivity contribution >= 4 is 33.3 Å². The van der Waals surface area contributed by atoms with Gasteiger partial charge < -0.3 is 10.1 Å². The molecule has 21 heavy (non-hydrogen) atoms. The van der Waals surface area contributed by atoms with Crippen LogP contribution in [0.3, 0.4) is 0 Å². The molecule has 0 aromatic heterocycles. The van der Waals surface area contributed by atoms with Crippen LogP contribution in [0.15, 0.2) is 16.6 Å². The number of benzene rings is 1. The largest absolute Gasteiger partial charge is 0.476 e. The lowest BCUT2D eigenvalue weighted by atomic mass is 10.1. The van der Waals surface area contributed by atoms with Crippen molar-refractivity contribution in [2.75, 3.05) is 6.61 Å². The number of nitro groups is 1. The minimum atomic E-state index is -0.660. The van der Waals surface area contributed by atoms with Crippen LogP contribution >= 0.6 is 15.9 Å². The van der Waals surface area contributed by atoms with Crippen molar-refractivity contribution in [1.29, 1.82) is 0 Å². The first kappa shape index (κ1) is 17.1. The summed E-state index contributed by atoms with van der Waals surface area (Å²) in [6.45, 7) is 4.43. The van der Waals surface area contributed by atoms with E-state index >= 15 is 0 Å². The highest BCUT2D eigenvalue weighted by atomic mass is 79.9. The number of carbonyl (C=O) groups excluding carboxylic acids is 2. The number of halogens is 1. The second-order valence-electron chi connectivity index (χ2n) is 4.63. The summed E-state index contributed by atoms with van der Waals surface area (Å²) in [7, 11) is 0. The molecule has 0 unspecified atom stereocenters. The van der Waals surface area contributed by atoms with E-state index in [4.69, 9.17) is 4.74 Å². The Bertz CT molecular complexity index is 551. The van der Waals surface area contributed by atoms with Crippen LogP contribution < -0.4 is 10.1 Å². The highest BCUT2D eigenvalue weighted by Gasteiger charge is 2.24. The lowest BCUT2D eigenvalue weighted by molar-refractivity contribution is -0.385. The molecule has 0 spiro atoms. The zero-order valence-corrected chi connectivity index (χ0v) is 13.4. The van der Waals surface area contributed by atoms with E-state index < -0.39 is 23.2 Å². The first-order valence-corrected chi connectivity index (χ1v) is 6.92. The Morgan fingerprint density at radius 1 is 1.43 bits per heavy atom. The number of hydrogen-bond donors (Lipinski definition) is 1. The normalized spacial score (nSPS) is 10.3. The third kappa shape index (κ3) is 4.82. The minimum absolute atomic E-state index is 0.0495. The number of rotatable bonds is 6. The van der Waals surface area contributed by atoms with Crippen molar-refractivity contribution in [2.45, 2.75) is 26.8 Å². The third-order valence-electron chi connectivity index (χ3n) is 2.41. The fraction of sp³-hybridized carbons (Fsp3) is 0.385. The molecule has 1 aromatic rings. The van der Waals surface area contributed by atoms with Crippen LogP contribution in [0.1, 0.15) is 31.1 Å². The summed E-state index contributed by atoms with van der Waals surface area (Å²) in [5, 5.41) is 13.7. The SMILES string of the molecule is CC(=O)c1cc(Br)cc([N+](=O)[O-])c1OCC(=O)NC(C)C. The van der Waals surface area contributed by atoms with Gasteiger partial charge >= 0.3 is 5.69 Å². The predicted molar refractivity (Wildman–Crippen MR) is 79.6 cm³/mol. The van der Waals surface area contributed by atoms with E-state index in [1.165, 1.54) is 19.1 Å². The topological polar surface area (TPSA) is 98.5 Å². The van der Waals surface area contributed by atoms with Gasteiger partial charge in [-0.3, -0.25) is 19.7 Å². The van der Waals surface area contributed by atoms with Gasteiger partial charge in [0, 0.05) is 16.6 Å². The molecule has 0 atom stereocenters. The fourth-order valence-corrected chi connectivity index (χ4v) is 2.08. The zero-order chi connectivity index (χ0) is 16.2. The number of carbonyl (C=O) groups is 2. The molecule has 1 N–H and O–H groups in total. The summed E-state index contributed by atoms with van der Waals surface area (Å²) >= 11 is 3.11. The highest BCUT2D eigenvalue weighted by Crippen LogP contribution is 2.34. The van der Waals surface area contributed by atoms with Crippen molar-refractivity contribution in [1.82, 2.24) is 5.32 Å². The Morgan fingerprint density at radius 2 is 2.05 bits per heavy atom. The first-order chi connectivity index (χ1) is 9.72. The molecule has 0 bridgehead atoms. The molecule has 0 saturated carbocycles. The molecule has 0 heterocycles. The molecule has 0 aliphatic rings. The summed E-state index contributed by atoms with van der Waals surface area (Å²) in [5.74, 6) is -1.01. The van der Waals surface area contributed by atoms with E-state index in [0.29, 0.717) is 4.47 Å². The van der Waals surface area contributed by atoms with Gasteiger partial charge in [0.1, 0.15) is 0 Å². The van der Waals surface area contributed by atoms with Gasteiger partial charge in [-0.05, 0) is 26.8 Å². The summed E-state index contributed by atoms with van der Waals surface area (Å²) in [6.07, 6.45) is 0. The summed E-state index contributed by atoms with van der Waals surface area (Å²) in [6, 6.07) is 2.57. The van der Waals surface area contributed by atoms with Gasteiger partial charge in [0.25, 0.3) is 5.91 Å². The molecule has 8 heteroatoms. The number of ketones is 1. The summed E-state index contributed by atoms with van der Waals surface area (Å²) < 4.78 is 5.60. The van der Waals surface area contributed by atoms with Gasteiger partial charge in [-0.2, -0.15) is 0 Å². The van der Waals surface area contributed by atoms with Crippen LogP contribution in [0, 0.1) is 10.1 Å². The third-order valence-corrected chi connectivity index (χ3v) is 2.87. The monoisotopic (exact) mass is 358 g/mol. The molecule has 0 saturated heterocycles. The quantitative estimate of drug-likeness (QED) is 0.478. The average molecular weight is 359 g/mol. The van der Waals surface area contributed by atoms with Crippen molar-refractivity contribution < 1.29 is 19.2 Å². The molecule has 0 aliphatic heterocycles. The van der Waals surface area contributed by atoms with E-state index in [0.717, 1.165) is 0 Å². The van der Waals surface area contributed by atoms with Gasteiger partial charge in [-0.25, -0.2) is 0 Å². The van der Waals surface area contributed by atoms with E-state index in [1.54, 1.807) is 13.8 Å². The van der Waals surface area contributed by atoms with Gasteiger partial charge in [-0.1, -0.05) is 15.9 Å². The molecule has 1 aromatic carbocycles. The van der Waals surface area contributed by atoms with E-state index in [-0.39, 0.29) is 23.0 Å². The fourth-order valence-electron chi connectivity index (χ4n) is 1.63. The Morgan fingerprint density at radius 3 is 2.52 bits per heavy atom. The Labute approximate surface area is 129 Å². The summed E-state index contributed by atoms with van der Waals surface area (Å²) in [4.78, 5) is 33.6. The number of nitro benzene ring substituents is 1. The number of ether oxygens (including phenoxy) is 1. The number of Topliss-reactive ketones (excluding diaryl/α,β-unsaturated/α-hetero) is 1. The molecule has 1 amide bonds. The molecule has 1 rings (SSSR count). The van der Waals surface area contributed by atoms with Gasteiger partial charge in [0.15, 0.2) is 12.4 Å². The molecular weight excluding hydrogens is 344 g/mol. The maximum absolute atomic E-state index is 11.6. The number of amides is 1. The molecule has 0 fully saturated rings. The van der Waals surface area contributed by atoms with Gasteiger partial charge in [0.2, 0.25) is 5.75 Å². The maximum Gasteiger partial charge on any atom is 0.312 e. The van der Waals surface area contributed by atoms with Crippen molar-refractivity contribution in [3.8, 4) is 5.75 Å². The Hall–Kier alpha value is -1.96. The second-order valence-corrected chi connectivity index (χ2v) is 5.54. The molecule has 7 nitrogen and oxygen atoms in total. The molecule has 0 aliphatic carbocycles. The molecule has 0 radical (unpaired) electrons. The average Bonchev–Trinajstić information content (AvgIpc) is 2.35. The maximum atomic E-state index is 11.6. The smallest absolute Gasteiger partial charge is 0.312 e. The van der Waals surface area contributed by atoms with Crippen LogP contribution in [-0.2, 0) is 4.79 Å². The van der Waals surface area contributed by atoms with E-state index in [1.807, 2.05) is 0 Å². The summed E-state index contributed by atoms with van der Waals surface area (Å²) in [5.41, 5.74) is -0.319. The second kappa shape index (κ2) is 7.16. The number of nitrogens with one attached hydrogen (secondary N) is 1. The van der Waals surface area contributed by atoms with Crippen LogP contribution in [0.4, 0.5) is 5.69 Å². The van der Waals surface area contributed by atoms with Crippen molar-refractivity contribution in [3.05, 3.63) is 32.3 Å². The molecular formula is C13H15BrN2O5. The standard InChI is InChI=1S/C13H15BrN2O5/c1-7(2)15-12(18)6-21-13-10(8(3)17)4-9(14)5-11(13)16(19)20/h4-5,7H,6H2,1-3H3,(H,15,18). The van der Waals surface area contributed by atoms with Crippen LogP contribution in [0.25, 0.3) is 0 Å². The first-order valence-electron chi connectivity index (χ1n) is 6.13. The highest BCUT2D eigenvalue weighted by molar-refractivity contribution is 9.10. The van der Waals surface area contributed by atoms with Crippen molar-refractivity contribution in [3.63, 3.8) is 0 Å². The van der Waals surface area contributed by atoms with Gasteiger partial charge in [-0.15, -0.1) is 0 Å². The van der Waals surface area contributed by atoms with Crippen LogP contribution in [0.5, 0.6) is 5.75 Å². The Balaban J connectivity index is 3.11. The zero-order valence-electron chi connectivity index (χ0n) is 11.8. The Kier molecular flexibility index (Phi) is 5.83. The number of hydrogen-bond acceptors (Lipinski definition) is 5. The molecule has 114 valence electrons. The van der Waals surface area contributed by atoms with Gasteiger partial charge in [0.05, 0.1) is 10.5 Å². The minimum Gasteiger partial charge on any atom is -0.476 e. The van der Waals surface area contributed by atoms with Crippen molar-refractivity contribution in [2.24, 2.45) is 0 Å². The van der Waals surface area contributed by atoms with E-state index in [9.17, 15) is 19.7 Å². The van der Waals surface area contributed by atoms with Crippen LogP contribution in [-0.4, -0.2) is 29.3 Å². The predicted octanol–water partition coefficient (Wildman–Crippen LogP) is 2.46. The lowest BCUT2D eigenvalue weighted by Crippen LogP contribution is -2.34.